The molecule has 1 aliphatic heterocycles. The zero-order chi connectivity index (χ0) is 17.6. The van der Waals surface area contributed by atoms with E-state index < -0.39 is 31.0 Å². The second-order valence-electron chi connectivity index (χ2n) is 6.71. The fraction of sp³-hybridized carbons (Fsp3) is 0.895. The van der Waals surface area contributed by atoms with Crippen molar-refractivity contribution in [2.45, 2.75) is 88.6 Å². The van der Waals surface area contributed by atoms with E-state index in [0.717, 1.165) is 19.3 Å². The maximum absolute atomic E-state index is 10.0. The molecule has 0 aromatic rings. The number of allylic oxidation sites excluding steroid dienone is 1. The molecule has 5 nitrogen and oxygen atoms in total. The van der Waals surface area contributed by atoms with Gasteiger partial charge in [-0.1, -0.05) is 51.0 Å². The summed E-state index contributed by atoms with van der Waals surface area (Å²) in [7, 11) is 0. The standard InChI is InChI=1S/C19H36O5/c1-2-3-4-5-6-7-8-9-10-11-12-13-23-17-15-24-19(18(17)22)16(21)14-20/h2,16-22H,1,3-15H2/t16-,17+,18+,19+/m0/s1. The van der Waals surface area contributed by atoms with E-state index in [1.54, 1.807) is 0 Å². The highest BCUT2D eigenvalue weighted by atomic mass is 16.6. The number of aliphatic hydroxyl groups is 3. The quantitative estimate of drug-likeness (QED) is 0.314. The summed E-state index contributed by atoms with van der Waals surface area (Å²) in [5.41, 5.74) is 0. The van der Waals surface area contributed by atoms with Gasteiger partial charge < -0.3 is 24.8 Å². The summed E-state index contributed by atoms with van der Waals surface area (Å²) in [6, 6.07) is 0. The lowest BCUT2D eigenvalue weighted by Gasteiger charge is -2.20. The number of hydrogen-bond donors (Lipinski definition) is 3. The molecule has 0 amide bonds. The Bertz CT molecular complexity index is 310. The highest BCUT2D eigenvalue weighted by molar-refractivity contribution is 4.88. The van der Waals surface area contributed by atoms with Crippen molar-refractivity contribution < 1.29 is 24.8 Å². The summed E-state index contributed by atoms with van der Waals surface area (Å²) in [5.74, 6) is 0. The van der Waals surface area contributed by atoms with Crippen LogP contribution in [0, 0.1) is 0 Å². The summed E-state index contributed by atoms with van der Waals surface area (Å²) >= 11 is 0. The molecule has 0 aromatic heterocycles. The Balaban J connectivity index is 1.89. The number of ether oxygens (including phenoxy) is 2. The number of unbranched alkanes of at least 4 members (excludes halogenated alkanes) is 9. The molecule has 24 heavy (non-hydrogen) atoms. The maximum Gasteiger partial charge on any atom is 0.114 e. The van der Waals surface area contributed by atoms with Crippen LogP contribution in [0.5, 0.6) is 0 Å². The summed E-state index contributed by atoms with van der Waals surface area (Å²) in [6.07, 6.45) is 11.3. The van der Waals surface area contributed by atoms with E-state index in [0.29, 0.717) is 6.61 Å². The van der Waals surface area contributed by atoms with Gasteiger partial charge in [-0.25, -0.2) is 0 Å². The lowest BCUT2D eigenvalue weighted by molar-refractivity contribution is -0.0730. The normalized spacial score (nSPS) is 25.0. The lowest BCUT2D eigenvalue weighted by atomic mass is 10.1. The number of hydrogen-bond acceptors (Lipinski definition) is 5. The molecular formula is C19H36O5. The molecule has 0 radical (unpaired) electrons. The van der Waals surface area contributed by atoms with Crippen LogP contribution >= 0.6 is 0 Å². The Morgan fingerprint density at radius 1 is 1.04 bits per heavy atom. The molecule has 142 valence electrons. The fourth-order valence-corrected chi connectivity index (χ4v) is 3.07. The topological polar surface area (TPSA) is 79.2 Å². The molecule has 1 aliphatic rings. The molecule has 1 heterocycles. The van der Waals surface area contributed by atoms with Crippen LogP contribution in [-0.4, -0.2) is 59.6 Å². The van der Waals surface area contributed by atoms with Gasteiger partial charge in [-0.15, -0.1) is 6.58 Å². The molecule has 1 saturated heterocycles. The first-order chi connectivity index (χ1) is 11.7. The van der Waals surface area contributed by atoms with E-state index >= 15 is 0 Å². The van der Waals surface area contributed by atoms with Crippen LogP contribution in [-0.2, 0) is 9.47 Å². The van der Waals surface area contributed by atoms with Crippen LogP contribution in [0.3, 0.4) is 0 Å². The second-order valence-corrected chi connectivity index (χ2v) is 6.71. The van der Waals surface area contributed by atoms with Crippen molar-refractivity contribution in [3.63, 3.8) is 0 Å². The molecule has 5 heteroatoms. The SMILES string of the molecule is C=CCCCCCCCCCCCO[C@@H]1CO[C@H]([C@@H](O)CO)[C@@H]1O. The molecule has 0 aromatic carbocycles. The van der Waals surface area contributed by atoms with E-state index in [1.807, 2.05) is 6.08 Å². The van der Waals surface area contributed by atoms with Crippen LogP contribution in [0.15, 0.2) is 12.7 Å². The molecule has 0 spiro atoms. The molecule has 1 rings (SSSR count). The van der Waals surface area contributed by atoms with Gasteiger partial charge in [-0.2, -0.15) is 0 Å². The van der Waals surface area contributed by atoms with Crippen molar-refractivity contribution in [2.75, 3.05) is 19.8 Å². The van der Waals surface area contributed by atoms with E-state index in [4.69, 9.17) is 14.6 Å². The Morgan fingerprint density at radius 2 is 1.62 bits per heavy atom. The van der Waals surface area contributed by atoms with Crippen molar-refractivity contribution in [2.24, 2.45) is 0 Å². The molecular weight excluding hydrogens is 308 g/mol. The van der Waals surface area contributed by atoms with Crippen molar-refractivity contribution >= 4 is 0 Å². The van der Waals surface area contributed by atoms with Crippen molar-refractivity contribution in [1.29, 1.82) is 0 Å². The highest BCUT2D eigenvalue weighted by Crippen LogP contribution is 2.20. The Morgan fingerprint density at radius 3 is 2.21 bits per heavy atom. The maximum atomic E-state index is 10.0. The fourth-order valence-electron chi connectivity index (χ4n) is 3.07. The van der Waals surface area contributed by atoms with Gasteiger partial charge in [-0.3, -0.25) is 0 Å². The zero-order valence-electron chi connectivity index (χ0n) is 14.9. The van der Waals surface area contributed by atoms with Crippen LogP contribution in [0.25, 0.3) is 0 Å². The summed E-state index contributed by atoms with van der Waals surface area (Å²) in [6.45, 7) is 4.20. The summed E-state index contributed by atoms with van der Waals surface area (Å²) in [5, 5.41) is 28.4. The molecule has 0 saturated carbocycles. The Labute approximate surface area is 146 Å². The number of rotatable bonds is 15. The Kier molecular flexibility index (Phi) is 12.4. The van der Waals surface area contributed by atoms with Crippen molar-refractivity contribution in [3.8, 4) is 0 Å². The molecule has 1 fully saturated rings. The third-order valence-electron chi connectivity index (χ3n) is 4.62. The molecule has 3 N–H and O–H groups in total. The molecule has 0 aliphatic carbocycles. The van der Waals surface area contributed by atoms with Crippen LogP contribution in [0.1, 0.15) is 64.2 Å². The minimum atomic E-state index is -1.05. The number of aliphatic hydroxyl groups excluding tert-OH is 3. The van der Waals surface area contributed by atoms with Crippen LogP contribution in [0.2, 0.25) is 0 Å². The average Bonchev–Trinajstić information content (AvgIpc) is 2.96. The molecule has 0 unspecified atom stereocenters. The van der Waals surface area contributed by atoms with Gasteiger partial charge in [0.15, 0.2) is 0 Å². The smallest absolute Gasteiger partial charge is 0.114 e. The van der Waals surface area contributed by atoms with E-state index in [9.17, 15) is 10.2 Å². The average molecular weight is 344 g/mol. The largest absolute Gasteiger partial charge is 0.394 e. The predicted molar refractivity (Wildman–Crippen MR) is 94.9 cm³/mol. The third kappa shape index (κ3) is 8.58. The first-order valence-electron chi connectivity index (χ1n) is 9.51. The minimum Gasteiger partial charge on any atom is -0.394 e. The molecule has 0 bridgehead atoms. The Hall–Kier alpha value is -0.460. The minimum absolute atomic E-state index is 0.273. The van der Waals surface area contributed by atoms with Crippen LogP contribution in [0.4, 0.5) is 0 Å². The van der Waals surface area contributed by atoms with Crippen molar-refractivity contribution in [3.05, 3.63) is 12.7 Å². The zero-order valence-corrected chi connectivity index (χ0v) is 14.9. The van der Waals surface area contributed by atoms with Gasteiger partial charge in [0.25, 0.3) is 0 Å². The first-order valence-corrected chi connectivity index (χ1v) is 9.51. The van der Waals surface area contributed by atoms with Gasteiger partial charge in [0.05, 0.1) is 13.2 Å². The third-order valence-corrected chi connectivity index (χ3v) is 4.62. The summed E-state index contributed by atoms with van der Waals surface area (Å²) in [4.78, 5) is 0. The van der Waals surface area contributed by atoms with E-state index in [-0.39, 0.29) is 6.61 Å². The summed E-state index contributed by atoms with van der Waals surface area (Å²) < 4.78 is 10.9. The monoisotopic (exact) mass is 344 g/mol. The van der Waals surface area contributed by atoms with E-state index in [2.05, 4.69) is 6.58 Å². The van der Waals surface area contributed by atoms with Gasteiger partial charge in [0.1, 0.15) is 24.4 Å². The van der Waals surface area contributed by atoms with Gasteiger partial charge in [-0.05, 0) is 19.3 Å². The second kappa shape index (κ2) is 13.8. The lowest BCUT2D eigenvalue weighted by Crippen LogP contribution is -2.41. The van der Waals surface area contributed by atoms with Crippen LogP contribution < -0.4 is 0 Å². The van der Waals surface area contributed by atoms with Crippen molar-refractivity contribution in [1.82, 2.24) is 0 Å². The van der Waals surface area contributed by atoms with Gasteiger partial charge in [0, 0.05) is 6.61 Å². The molecule has 4 atom stereocenters. The van der Waals surface area contributed by atoms with Gasteiger partial charge in [0.2, 0.25) is 0 Å². The van der Waals surface area contributed by atoms with E-state index in [1.165, 1.54) is 44.9 Å². The van der Waals surface area contributed by atoms with Gasteiger partial charge >= 0.3 is 0 Å². The predicted octanol–water partition coefficient (Wildman–Crippen LogP) is 2.57. The highest BCUT2D eigenvalue weighted by Gasteiger charge is 2.40. The first kappa shape index (κ1) is 21.6.